The third-order valence-electron chi connectivity index (χ3n) is 1.68. The van der Waals surface area contributed by atoms with Crippen molar-refractivity contribution in [1.82, 2.24) is 10.2 Å². The lowest BCUT2D eigenvalue weighted by molar-refractivity contribution is -0.387. The van der Waals surface area contributed by atoms with Gasteiger partial charge in [0.1, 0.15) is 0 Å². The van der Waals surface area contributed by atoms with E-state index in [1.807, 2.05) is 0 Å². The van der Waals surface area contributed by atoms with Gasteiger partial charge in [-0.25, -0.2) is 0 Å². The fraction of sp³-hybridized carbons (Fsp3) is 0. The molecule has 0 saturated heterocycles. The standard InChI is InChI=1S/C8H6N4O2S2/c9-7-10-11-8(16-7)15-6-4-2-1-3-5(6)12(13)14/h1-4H,(H2,9,10). The Kier molecular flexibility index (Phi) is 3.02. The van der Waals surface area contributed by atoms with Crippen LogP contribution in [0.25, 0.3) is 0 Å². The number of para-hydroxylation sites is 1. The van der Waals surface area contributed by atoms with E-state index in [-0.39, 0.29) is 5.69 Å². The van der Waals surface area contributed by atoms with E-state index in [9.17, 15) is 10.1 Å². The third-order valence-corrected chi connectivity index (χ3v) is 3.55. The van der Waals surface area contributed by atoms with Crippen LogP contribution in [-0.4, -0.2) is 15.1 Å². The van der Waals surface area contributed by atoms with Crippen LogP contribution < -0.4 is 5.73 Å². The minimum absolute atomic E-state index is 0.0567. The minimum Gasteiger partial charge on any atom is -0.374 e. The number of nitro benzene ring substituents is 1. The van der Waals surface area contributed by atoms with Crippen molar-refractivity contribution in [2.75, 3.05) is 5.73 Å². The molecule has 8 heteroatoms. The van der Waals surface area contributed by atoms with Crippen LogP contribution in [0.1, 0.15) is 0 Å². The summed E-state index contributed by atoms with van der Waals surface area (Å²) in [5.74, 6) is 0. The molecule has 0 fully saturated rings. The second-order valence-corrected chi connectivity index (χ2v) is 5.03. The van der Waals surface area contributed by atoms with Crippen molar-refractivity contribution >= 4 is 33.9 Å². The average molecular weight is 254 g/mol. The maximum Gasteiger partial charge on any atom is 0.283 e. The highest BCUT2D eigenvalue weighted by atomic mass is 32.2. The molecule has 0 bridgehead atoms. The molecule has 82 valence electrons. The normalized spacial score (nSPS) is 10.2. The first-order chi connectivity index (χ1) is 7.66. The van der Waals surface area contributed by atoms with Crippen LogP contribution in [0.3, 0.4) is 0 Å². The van der Waals surface area contributed by atoms with Gasteiger partial charge in [-0.1, -0.05) is 23.5 Å². The lowest BCUT2D eigenvalue weighted by Gasteiger charge is -1.98. The number of aromatic nitrogens is 2. The average Bonchev–Trinajstić information content (AvgIpc) is 2.64. The molecule has 2 rings (SSSR count). The molecule has 0 amide bonds. The Balaban J connectivity index is 2.31. The van der Waals surface area contributed by atoms with E-state index in [1.165, 1.54) is 29.2 Å². The quantitative estimate of drug-likeness (QED) is 0.666. The molecule has 0 spiro atoms. The molecule has 1 aromatic carbocycles. The Bertz CT molecular complexity index is 528. The van der Waals surface area contributed by atoms with Gasteiger partial charge in [-0.15, -0.1) is 10.2 Å². The van der Waals surface area contributed by atoms with E-state index in [2.05, 4.69) is 10.2 Å². The molecule has 1 heterocycles. The summed E-state index contributed by atoms with van der Waals surface area (Å²) in [5.41, 5.74) is 5.48. The maximum atomic E-state index is 10.8. The monoisotopic (exact) mass is 254 g/mol. The van der Waals surface area contributed by atoms with Crippen LogP contribution in [0.15, 0.2) is 33.5 Å². The Labute approximate surface area is 98.7 Å². The summed E-state index contributed by atoms with van der Waals surface area (Å²) in [6.45, 7) is 0. The van der Waals surface area contributed by atoms with Crippen molar-refractivity contribution < 1.29 is 4.92 Å². The first-order valence-corrected chi connectivity index (χ1v) is 5.80. The summed E-state index contributed by atoms with van der Waals surface area (Å²) in [5, 5.41) is 18.5. The summed E-state index contributed by atoms with van der Waals surface area (Å²) in [7, 11) is 0. The van der Waals surface area contributed by atoms with Gasteiger partial charge >= 0.3 is 0 Å². The highest BCUT2D eigenvalue weighted by Crippen LogP contribution is 2.36. The van der Waals surface area contributed by atoms with Crippen molar-refractivity contribution in [3.05, 3.63) is 34.4 Å². The van der Waals surface area contributed by atoms with E-state index < -0.39 is 4.92 Å². The van der Waals surface area contributed by atoms with Gasteiger partial charge in [0.05, 0.1) is 9.82 Å². The van der Waals surface area contributed by atoms with E-state index in [0.717, 1.165) is 0 Å². The number of hydrogen-bond donors (Lipinski definition) is 1. The molecule has 0 aliphatic rings. The van der Waals surface area contributed by atoms with Crippen molar-refractivity contribution in [2.24, 2.45) is 0 Å². The maximum absolute atomic E-state index is 10.8. The molecule has 16 heavy (non-hydrogen) atoms. The number of hydrogen-bond acceptors (Lipinski definition) is 7. The lowest BCUT2D eigenvalue weighted by atomic mass is 10.3. The predicted molar refractivity (Wildman–Crippen MR) is 61.5 cm³/mol. The molecule has 2 N–H and O–H groups in total. The summed E-state index contributed by atoms with van der Waals surface area (Å²) >= 11 is 2.39. The van der Waals surface area contributed by atoms with Crippen molar-refractivity contribution in [3.63, 3.8) is 0 Å². The molecule has 0 radical (unpaired) electrons. The molecule has 0 unspecified atom stereocenters. The smallest absolute Gasteiger partial charge is 0.283 e. The highest BCUT2D eigenvalue weighted by molar-refractivity contribution is 8.01. The number of nitro groups is 1. The lowest BCUT2D eigenvalue weighted by Crippen LogP contribution is -1.89. The van der Waals surface area contributed by atoms with E-state index in [0.29, 0.717) is 14.4 Å². The largest absolute Gasteiger partial charge is 0.374 e. The summed E-state index contributed by atoms with van der Waals surface area (Å²) in [4.78, 5) is 10.9. The van der Waals surface area contributed by atoms with Gasteiger partial charge in [0, 0.05) is 6.07 Å². The third kappa shape index (κ3) is 2.28. The zero-order chi connectivity index (χ0) is 11.5. The van der Waals surface area contributed by atoms with E-state index >= 15 is 0 Å². The molecule has 0 saturated carbocycles. The molecular formula is C8H6N4O2S2. The predicted octanol–water partition coefficient (Wildman–Crippen LogP) is 2.18. The second kappa shape index (κ2) is 4.45. The van der Waals surface area contributed by atoms with Crippen LogP contribution in [-0.2, 0) is 0 Å². The summed E-state index contributed by atoms with van der Waals surface area (Å²) < 4.78 is 0.590. The fourth-order valence-electron chi connectivity index (χ4n) is 1.05. The summed E-state index contributed by atoms with van der Waals surface area (Å²) in [6.07, 6.45) is 0. The zero-order valence-electron chi connectivity index (χ0n) is 7.86. The first-order valence-electron chi connectivity index (χ1n) is 4.17. The number of nitrogen functional groups attached to an aromatic ring is 1. The molecule has 2 aromatic rings. The van der Waals surface area contributed by atoms with Crippen LogP contribution in [0.2, 0.25) is 0 Å². The van der Waals surface area contributed by atoms with Crippen molar-refractivity contribution in [2.45, 2.75) is 9.24 Å². The molecule has 0 aliphatic carbocycles. The second-order valence-electron chi connectivity index (χ2n) is 2.73. The molecule has 1 aromatic heterocycles. The van der Waals surface area contributed by atoms with Gasteiger partial charge in [0.2, 0.25) is 5.13 Å². The van der Waals surface area contributed by atoms with Crippen LogP contribution in [0.5, 0.6) is 0 Å². The topological polar surface area (TPSA) is 94.9 Å². The Morgan fingerprint density at radius 3 is 2.75 bits per heavy atom. The Hall–Kier alpha value is -1.67. The van der Waals surface area contributed by atoms with Crippen LogP contribution >= 0.6 is 23.1 Å². The Morgan fingerprint density at radius 2 is 2.12 bits per heavy atom. The molecule has 0 atom stereocenters. The van der Waals surface area contributed by atoms with Crippen molar-refractivity contribution in [1.29, 1.82) is 0 Å². The Morgan fingerprint density at radius 1 is 1.38 bits per heavy atom. The number of rotatable bonds is 3. The van der Waals surface area contributed by atoms with Gasteiger partial charge in [-0.2, -0.15) is 0 Å². The number of benzene rings is 1. The minimum atomic E-state index is -0.424. The molecule has 6 nitrogen and oxygen atoms in total. The van der Waals surface area contributed by atoms with E-state index in [1.54, 1.807) is 18.2 Å². The van der Waals surface area contributed by atoms with E-state index in [4.69, 9.17) is 5.73 Å². The van der Waals surface area contributed by atoms with Crippen LogP contribution in [0.4, 0.5) is 10.8 Å². The number of nitrogens with zero attached hydrogens (tertiary/aromatic N) is 3. The summed E-state index contributed by atoms with van der Waals surface area (Å²) in [6, 6.07) is 6.48. The zero-order valence-corrected chi connectivity index (χ0v) is 9.49. The number of nitrogens with two attached hydrogens (primary N) is 1. The van der Waals surface area contributed by atoms with Gasteiger partial charge in [-0.05, 0) is 17.8 Å². The van der Waals surface area contributed by atoms with Gasteiger partial charge in [-0.3, -0.25) is 10.1 Å². The fourth-order valence-corrected chi connectivity index (χ4v) is 2.75. The SMILES string of the molecule is Nc1nnc(Sc2ccccc2[N+](=O)[O-])s1. The van der Waals surface area contributed by atoms with Crippen molar-refractivity contribution in [3.8, 4) is 0 Å². The van der Waals surface area contributed by atoms with Crippen LogP contribution in [0, 0.1) is 10.1 Å². The number of anilines is 1. The molecular weight excluding hydrogens is 248 g/mol. The van der Waals surface area contributed by atoms with Gasteiger partial charge < -0.3 is 5.73 Å². The van der Waals surface area contributed by atoms with Gasteiger partial charge in [0.15, 0.2) is 4.34 Å². The molecule has 0 aliphatic heterocycles. The highest BCUT2D eigenvalue weighted by Gasteiger charge is 2.15. The first kappa shape index (κ1) is 10.8. The van der Waals surface area contributed by atoms with Gasteiger partial charge in [0.25, 0.3) is 5.69 Å².